The molecule has 0 aliphatic heterocycles. The van der Waals surface area contributed by atoms with Crippen LogP contribution >= 0.6 is 0 Å². The van der Waals surface area contributed by atoms with Crippen molar-refractivity contribution in [1.82, 2.24) is 9.97 Å². The summed E-state index contributed by atoms with van der Waals surface area (Å²) in [4.78, 5) is 10.5. The van der Waals surface area contributed by atoms with Gasteiger partial charge in [-0.2, -0.15) is 0 Å². The number of hydrogen-bond donors (Lipinski definition) is 0. The van der Waals surface area contributed by atoms with Crippen molar-refractivity contribution >= 4 is 65.2 Å². The van der Waals surface area contributed by atoms with Gasteiger partial charge in [0.15, 0.2) is 5.82 Å². The lowest BCUT2D eigenvalue weighted by molar-refractivity contribution is 0.669. The average molecular weight is 649 g/mol. The van der Waals surface area contributed by atoms with Crippen molar-refractivity contribution in [2.45, 2.75) is 0 Å². The number of fused-ring (bicyclic) bond motifs is 6. The van der Waals surface area contributed by atoms with Gasteiger partial charge in [0.1, 0.15) is 11.2 Å². The van der Waals surface area contributed by atoms with Gasteiger partial charge in [-0.05, 0) is 74.1 Å². The Labute approximate surface area is 293 Å². The van der Waals surface area contributed by atoms with Crippen molar-refractivity contribution in [3.63, 3.8) is 0 Å². The van der Waals surface area contributed by atoms with Gasteiger partial charge in [0.2, 0.25) is 0 Å². The maximum Gasteiger partial charge on any atom is 0.160 e. The fourth-order valence-corrected chi connectivity index (χ4v) is 8.18. The molecule has 0 amide bonds. The first-order valence-corrected chi connectivity index (χ1v) is 17.3. The summed E-state index contributed by atoms with van der Waals surface area (Å²) >= 11 is 0. The van der Waals surface area contributed by atoms with Gasteiger partial charge in [0.25, 0.3) is 0 Å². The topological polar surface area (TPSA) is 38.9 Å². The molecule has 0 spiro atoms. The van der Waals surface area contributed by atoms with E-state index in [1.807, 2.05) is 6.07 Å². The number of aromatic nitrogens is 2. The molecule has 2 heterocycles. The Morgan fingerprint density at radius 1 is 0.353 bits per heavy atom. The van der Waals surface area contributed by atoms with Gasteiger partial charge in [-0.1, -0.05) is 140 Å². The molecule has 0 aliphatic rings. The maximum absolute atomic E-state index is 6.44. The van der Waals surface area contributed by atoms with E-state index in [1.165, 1.54) is 43.4 Å². The summed E-state index contributed by atoms with van der Waals surface area (Å²) < 4.78 is 6.44. The average Bonchev–Trinajstić information content (AvgIpc) is 3.60. The molecule has 0 saturated heterocycles. The highest BCUT2D eigenvalue weighted by atomic mass is 16.3. The van der Waals surface area contributed by atoms with Gasteiger partial charge >= 0.3 is 0 Å². The minimum Gasteiger partial charge on any atom is -0.456 e. The van der Waals surface area contributed by atoms with E-state index in [9.17, 15) is 0 Å². The molecule has 236 valence electrons. The first-order valence-electron chi connectivity index (χ1n) is 17.3. The molecular formula is C48H28N2O. The van der Waals surface area contributed by atoms with Crippen LogP contribution in [0.1, 0.15) is 0 Å². The van der Waals surface area contributed by atoms with Crippen molar-refractivity contribution in [1.29, 1.82) is 0 Å². The van der Waals surface area contributed by atoms with E-state index in [0.717, 1.165) is 60.8 Å². The molecule has 51 heavy (non-hydrogen) atoms. The molecule has 0 aliphatic carbocycles. The predicted octanol–water partition coefficient (Wildman–Crippen LogP) is 13.1. The predicted molar refractivity (Wildman–Crippen MR) is 212 cm³/mol. The Morgan fingerprint density at radius 3 is 1.92 bits per heavy atom. The van der Waals surface area contributed by atoms with E-state index in [-0.39, 0.29) is 0 Å². The second-order valence-corrected chi connectivity index (χ2v) is 13.3. The highest BCUT2D eigenvalue weighted by Gasteiger charge is 2.21. The van der Waals surface area contributed by atoms with Crippen LogP contribution in [0.25, 0.3) is 110 Å². The quantitative estimate of drug-likeness (QED) is 0.178. The Hall–Kier alpha value is -6.84. The fourth-order valence-electron chi connectivity index (χ4n) is 8.18. The smallest absolute Gasteiger partial charge is 0.160 e. The zero-order chi connectivity index (χ0) is 33.5. The highest BCUT2D eigenvalue weighted by Crippen LogP contribution is 2.47. The summed E-state index contributed by atoms with van der Waals surface area (Å²) in [5.74, 6) is 0.708. The van der Waals surface area contributed by atoms with Gasteiger partial charge in [0, 0.05) is 38.1 Å². The molecule has 2 aromatic heterocycles. The number of furan rings is 1. The summed E-state index contributed by atoms with van der Waals surface area (Å²) in [7, 11) is 0. The van der Waals surface area contributed by atoms with E-state index in [1.54, 1.807) is 0 Å². The van der Waals surface area contributed by atoms with E-state index >= 15 is 0 Å². The highest BCUT2D eigenvalue weighted by molar-refractivity contribution is 6.35. The van der Waals surface area contributed by atoms with Crippen LogP contribution in [0.4, 0.5) is 0 Å². The third-order valence-electron chi connectivity index (χ3n) is 10.4. The van der Waals surface area contributed by atoms with E-state index in [2.05, 4.69) is 164 Å². The first kappa shape index (κ1) is 28.0. The van der Waals surface area contributed by atoms with Crippen LogP contribution in [-0.2, 0) is 0 Å². The molecule has 9 aromatic carbocycles. The largest absolute Gasteiger partial charge is 0.456 e. The zero-order valence-electron chi connectivity index (χ0n) is 27.5. The summed E-state index contributed by atoms with van der Waals surface area (Å²) in [5, 5.41) is 10.6. The van der Waals surface area contributed by atoms with Gasteiger partial charge in [-0.3, -0.25) is 0 Å². The van der Waals surface area contributed by atoms with E-state index in [0.29, 0.717) is 5.82 Å². The van der Waals surface area contributed by atoms with Crippen molar-refractivity contribution in [3.8, 4) is 44.9 Å². The standard InChI is InChI=1S/C48H28N2O/c1-2-13-30(14-3-1)46-40-25-24-29-12-4-5-18-34(29)47(40)50-48(49-46)32-16-10-15-31(28-32)33-17-6-7-19-35(33)39-26-27-42-45-43(39)37-21-9-8-20-36(37)38-22-11-23-41(51-42)44(38)45/h1-28H. The van der Waals surface area contributed by atoms with Crippen molar-refractivity contribution in [3.05, 3.63) is 170 Å². The third-order valence-corrected chi connectivity index (χ3v) is 10.4. The van der Waals surface area contributed by atoms with Crippen LogP contribution in [-0.4, -0.2) is 9.97 Å². The molecule has 0 bridgehead atoms. The molecule has 0 saturated carbocycles. The Bertz CT molecular complexity index is 3140. The van der Waals surface area contributed by atoms with Crippen molar-refractivity contribution in [2.24, 2.45) is 0 Å². The second kappa shape index (κ2) is 10.8. The van der Waals surface area contributed by atoms with Gasteiger partial charge in [0.05, 0.1) is 11.2 Å². The molecule has 11 aromatic rings. The Balaban J connectivity index is 1.14. The second-order valence-electron chi connectivity index (χ2n) is 13.3. The van der Waals surface area contributed by atoms with Crippen molar-refractivity contribution < 1.29 is 4.42 Å². The van der Waals surface area contributed by atoms with Gasteiger partial charge in [-0.25, -0.2) is 9.97 Å². The van der Waals surface area contributed by atoms with E-state index in [4.69, 9.17) is 14.4 Å². The minimum absolute atomic E-state index is 0.708. The number of nitrogens with zero attached hydrogens (tertiary/aromatic N) is 2. The molecule has 3 heteroatoms. The van der Waals surface area contributed by atoms with Gasteiger partial charge in [-0.15, -0.1) is 0 Å². The molecule has 0 N–H and O–H groups in total. The molecule has 0 unspecified atom stereocenters. The Kier molecular flexibility index (Phi) is 5.96. The molecule has 0 atom stereocenters. The molecule has 11 rings (SSSR count). The Morgan fingerprint density at radius 2 is 1.02 bits per heavy atom. The molecule has 3 nitrogen and oxygen atoms in total. The van der Waals surface area contributed by atoms with Crippen LogP contribution in [0.5, 0.6) is 0 Å². The number of rotatable bonds is 4. The fraction of sp³-hybridized carbons (Fsp3) is 0. The summed E-state index contributed by atoms with van der Waals surface area (Å²) in [5.41, 5.74) is 10.4. The molecule has 0 fully saturated rings. The maximum atomic E-state index is 6.44. The van der Waals surface area contributed by atoms with Crippen LogP contribution in [0.3, 0.4) is 0 Å². The van der Waals surface area contributed by atoms with Crippen LogP contribution < -0.4 is 0 Å². The first-order chi connectivity index (χ1) is 25.3. The van der Waals surface area contributed by atoms with Crippen molar-refractivity contribution in [2.75, 3.05) is 0 Å². The summed E-state index contributed by atoms with van der Waals surface area (Å²) in [6.45, 7) is 0. The normalized spacial score (nSPS) is 11.9. The lowest BCUT2D eigenvalue weighted by Gasteiger charge is -2.16. The summed E-state index contributed by atoms with van der Waals surface area (Å²) in [6.07, 6.45) is 0. The van der Waals surface area contributed by atoms with Crippen LogP contribution in [0.15, 0.2) is 174 Å². The zero-order valence-corrected chi connectivity index (χ0v) is 27.5. The molecular weight excluding hydrogens is 621 g/mol. The van der Waals surface area contributed by atoms with Crippen LogP contribution in [0, 0.1) is 0 Å². The van der Waals surface area contributed by atoms with Crippen LogP contribution in [0.2, 0.25) is 0 Å². The lowest BCUT2D eigenvalue weighted by atomic mass is 9.87. The minimum atomic E-state index is 0.708. The third kappa shape index (κ3) is 4.19. The van der Waals surface area contributed by atoms with E-state index < -0.39 is 0 Å². The number of benzene rings is 9. The monoisotopic (exact) mass is 648 g/mol. The lowest BCUT2D eigenvalue weighted by Crippen LogP contribution is -1.96. The SMILES string of the molecule is c1ccc(-c2nc(-c3cccc(-c4ccccc4-c4ccc5oc6cccc7c8ccccc8c4c5c67)c3)nc3c2ccc2ccccc23)cc1. The molecule has 0 radical (unpaired) electrons. The summed E-state index contributed by atoms with van der Waals surface area (Å²) in [6, 6.07) is 60.1. The number of hydrogen-bond acceptors (Lipinski definition) is 3. The van der Waals surface area contributed by atoms with Gasteiger partial charge < -0.3 is 4.42 Å².